The summed E-state index contributed by atoms with van der Waals surface area (Å²) in [5.74, 6) is -0.430. The molecule has 1 aliphatic carbocycles. The van der Waals surface area contributed by atoms with Crippen LogP contribution in [0.5, 0.6) is 0 Å². The predicted octanol–water partition coefficient (Wildman–Crippen LogP) is 4.64. The zero-order chi connectivity index (χ0) is 24.5. The molecule has 1 fully saturated rings. The van der Waals surface area contributed by atoms with Crippen molar-refractivity contribution in [2.75, 3.05) is 20.1 Å². The Bertz CT molecular complexity index is 1140. The van der Waals surface area contributed by atoms with Crippen LogP contribution in [-0.2, 0) is 40.4 Å². The average molecular weight is 495 g/mol. The molecule has 1 heterocycles. The molecule has 0 N–H and O–H groups in total. The summed E-state index contributed by atoms with van der Waals surface area (Å²) in [4.78, 5) is 14.7. The Morgan fingerprint density at radius 3 is 2.24 bits per heavy atom. The van der Waals surface area contributed by atoms with Crippen LogP contribution in [0, 0.1) is 5.92 Å². The van der Waals surface area contributed by atoms with Gasteiger partial charge in [-0.1, -0.05) is 18.2 Å². The molecule has 184 valence electrons. The number of aryl methyl sites for hydroxylation is 2. The van der Waals surface area contributed by atoms with Gasteiger partial charge >= 0.3 is 6.18 Å². The fourth-order valence-electron chi connectivity index (χ4n) is 4.83. The van der Waals surface area contributed by atoms with Crippen molar-refractivity contribution >= 4 is 15.9 Å². The molecule has 5 nitrogen and oxygen atoms in total. The van der Waals surface area contributed by atoms with Crippen molar-refractivity contribution in [3.05, 3.63) is 64.7 Å². The zero-order valence-corrected chi connectivity index (χ0v) is 20.0. The molecule has 0 spiro atoms. The monoisotopic (exact) mass is 494 g/mol. The first kappa shape index (κ1) is 24.7. The predicted molar refractivity (Wildman–Crippen MR) is 122 cm³/mol. The van der Waals surface area contributed by atoms with Crippen LogP contribution in [0.15, 0.2) is 47.4 Å². The van der Waals surface area contributed by atoms with Gasteiger partial charge in [0, 0.05) is 32.6 Å². The Balaban J connectivity index is 1.35. The third kappa shape index (κ3) is 5.30. The molecule has 0 saturated carbocycles. The van der Waals surface area contributed by atoms with Crippen LogP contribution >= 0.6 is 0 Å². The molecular formula is C25H29F3N2O3S. The van der Waals surface area contributed by atoms with Crippen LogP contribution in [-0.4, -0.2) is 43.7 Å². The Labute approximate surface area is 198 Å². The fourth-order valence-corrected chi connectivity index (χ4v) is 6.35. The highest BCUT2D eigenvalue weighted by Gasteiger charge is 2.34. The van der Waals surface area contributed by atoms with Crippen LogP contribution in [0.4, 0.5) is 13.2 Å². The van der Waals surface area contributed by atoms with Gasteiger partial charge in [-0.2, -0.15) is 17.5 Å². The smallest absolute Gasteiger partial charge is 0.341 e. The van der Waals surface area contributed by atoms with E-state index >= 15 is 0 Å². The van der Waals surface area contributed by atoms with E-state index in [-0.39, 0.29) is 31.5 Å². The van der Waals surface area contributed by atoms with Crippen molar-refractivity contribution in [1.82, 2.24) is 9.21 Å². The Morgan fingerprint density at radius 1 is 1.00 bits per heavy atom. The van der Waals surface area contributed by atoms with Crippen LogP contribution in [0.3, 0.4) is 0 Å². The first-order valence-electron chi connectivity index (χ1n) is 11.6. The van der Waals surface area contributed by atoms with Gasteiger partial charge in [0.2, 0.25) is 15.9 Å². The number of sulfonamides is 1. The highest BCUT2D eigenvalue weighted by atomic mass is 32.2. The molecule has 0 bridgehead atoms. The molecule has 2 aliphatic rings. The van der Waals surface area contributed by atoms with Crippen LogP contribution < -0.4 is 0 Å². The molecule has 9 heteroatoms. The van der Waals surface area contributed by atoms with E-state index in [1.807, 2.05) is 6.07 Å². The normalized spacial score (nSPS) is 17.9. The number of halogens is 3. The molecule has 1 saturated heterocycles. The SMILES string of the molecule is CN(Cc1ccc(C(F)(F)F)cc1)C(=O)C1CCN(S(=O)(=O)c2ccc3c(c2)CCCC3)CC1. The minimum atomic E-state index is -4.40. The van der Waals surface area contributed by atoms with Gasteiger partial charge in [-0.15, -0.1) is 0 Å². The van der Waals surface area contributed by atoms with Gasteiger partial charge in [0.1, 0.15) is 0 Å². The largest absolute Gasteiger partial charge is 0.416 e. The molecule has 0 aromatic heterocycles. The standard InChI is InChI=1S/C25H29F3N2O3S/c1-29(17-18-6-9-22(10-7-18)25(26,27)28)24(31)20-12-14-30(15-13-20)34(32,33)23-11-8-19-4-2-3-5-21(19)16-23/h6-11,16,20H,2-5,12-15,17H2,1H3. The molecule has 1 aliphatic heterocycles. The lowest BCUT2D eigenvalue weighted by atomic mass is 9.92. The second-order valence-corrected chi connectivity index (χ2v) is 11.1. The van der Waals surface area contributed by atoms with E-state index in [0.717, 1.165) is 43.4 Å². The van der Waals surface area contributed by atoms with Crippen molar-refractivity contribution in [1.29, 1.82) is 0 Å². The summed E-state index contributed by atoms with van der Waals surface area (Å²) in [6.45, 7) is 0.735. The van der Waals surface area contributed by atoms with E-state index in [4.69, 9.17) is 0 Å². The lowest BCUT2D eigenvalue weighted by Gasteiger charge is -2.32. The van der Waals surface area contributed by atoms with E-state index in [2.05, 4.69) is 0 Å². The lowest BCUT2D eigenvalue weighted by molar-refractivity contribution is -0.138. The third-order valence-corrected chi connectivity index (χ3v) is 8.73. The highest BCUT2D eigenvalue weighted by Crippen LogP contribution is 2.30. The van der Waals surface area contributed by atoms with E-state index in [1.165, 1.54) is 26.9 Å². The molecule has 0 atom stereocenters. The summed E-state index contributed by atoms with van der Waals surface area (Å²) >= 11 is 0. The van der Waals surface area contributed by atoms with Crippen molar-refractivity contribution in [3.8, 4) is 0 Å². The van der Waals surface area contributed by atoms with Crippen LogP contribution in [0.2, 0.25) is 0 Å². The number of nitrogens with zero attached hydrogens (tertiary/aromatic N) is 2. The highest BCUT2D eigenvalue weighted by molar-refractivity contribution is 7.89. The molecular weight excluding hydrogens is 465 g/mol. The third-order valence-electron chi connectivity index (χ3n) is 6.84. The minimum Gasteiger partial charge on any atom is -0.341 e. The van der Waals surface area contributed by atoms with Gasteiger partial charge in [0.25, 0.3) is 0 Å². The molecule has 0 radical (unpaired) electrons. The van der Waals surface area contributed by atoms with Crippen LogP contribution in [0.25, 0.3) is 0 Å². The number of hydrogen-bond acceptors (Lipinski definition) is 3. The molecule has 34 heavy (non-hydrogen) atoms. The number of piperidine rings is 1. The second-order valence-electron chi connectivity index (χ2n) is 9.20. The van der Waals surface area contributed by atoms with Crippen molar-refractivity contribution in [2.45, 2.75) is 56.1 Å². The number of amides is 1. The van der Waals surface area contributed by atoms with Gasteiger partial charge in [-0.25, -0.2) is 8.42 Å². The van der Waals surface area contributed by atoms with Gasteiger partial charge in [-0.3, -0.25) is 4.79 Å². The van der Waals surface area contributed by atoms with Crippen molar-refractivity contribution < 1.29 is 26.4 Å². The van der Waals surface area contributed by atoms with Gasteiger partial charge in [0.15, 0.2) is 0 Å². The van der Waals surface area contributed by atoms with Gasteiger partial charge in [0.05, 0.1) is 10.5 Å². The number of hydrogen-bond donors (Lipinski definition) is 0. The van der Waals surface area contributed by atoms with E-state index in [9.17, 15) is 26.4 Å². The number of fused-ring (bicyclic) bond motifs is 1. The first-order valence-corrected chi connectivity index (χ1v) is 13.0. The number of rotatable bonds is 5. The summed E-state index contributed by atoms with van der Waals surface area (Å²) in [7, 11) is -1.99. The number of benzene rings is 2. The van der Waals surface area contributed by atoms with E-state index in [1.54, 1.807) is 19.2 Å². The van der Waals surface area contributed by atoms with Crippen molar-refractivity contribution in [2.24, 2.45) is 5.92 Å². The van der Waals surface area contributed by atoms with Crippen LogP contribution in [0.1, 0.15) is 47.9 Å². The maximum atomic E-state index is 13.2. The Hall–Kier alpha value is -2.39. The Morgan fingerprint density at radius 2 is 1.62 bits per heavy atom. The van der Waals surface area contributed by atoms with Crippen molar-refractivity contribution in [3.63, 3.8) is 0 Å². The lowest BCUT2D eigenvalue weighted by Crippen LogP contribution is -2.43. The maximum Gasteiger partial charge on any atom is 0.416 e. The molecule has 2 aromatic rings. The van der Waals surface area contributed by atoms with E-state index < -0.39 is 21.8 Å². The van der Waals surface area contributed by atoms with E-state index in [0.29, 0.717) is 23.3 Å². The molecule has 1 amide bonds. The summed E-state index contributed by atoms with van der Waals surface area (Å²) in [6, 6.07) is 10.2. The maximum absolute atomic E-state index is 13.2. The molecule has 0 unspecified atom stereocenters. The minimum absolute atomic E-state index is 0.120. The first-order chi connectivity index (χ1) is 16.1. The average Bonchev–Trinajstić information content (AvgIpc) is 2.83. The summed E-state index contributed by atoms with van der Waals surface area (Å²) in [5.41, 5.74) is 2.22. The Kier molecular flexibility index (Phi) is 7.05. The topological polar surface area (TPSA) is 57.7 Å². The summed E-state index contributed by atoms with van der Waals surface area (Å²) in [5, 5.41) is 0. The number of carbonyl (C=O) groups excluding carboxylic acids is 1. The molecule has 2 aromatic carbocycles. The second kappa shape index (κ2) is 9.70. The fraction of sp³-hybridized carbons (Fsp3) is 0.480. The molecule has 4 rings (SSSR count). The van der Waals surface area contributed by atoms with Gasteiger partial charge in [-0.05, 0) is 79.5 Å². The van der Waals surface area contributed by atoms with Gasteiger partial charge < -0.3 is 4.90 Å². The summed E-state index contributed by atoms with van der Waals surface area (Å²) < 4.78 is 66.0. The summed E-state index contributed by atoms with van der Waals surface area (Å²) in [6.07, 6.45) is 0.538. The number of alkyl halides is 3. The quantitative estimate of drug-likeness (QED) is 0.608. The number of carbonyl (C=O) groups is 1. The zero-order valence-electron chi connectivity index (χ0n) is 19.1.